The molecule has 1 atom stereocenters. The van der Waals surface area contributed by atoms with E-state index in [0.717, 1.165) is 56.1 Å². The summed E-state index contributed by atoms with van der Waals surface area (Å²) < 4.78 is 5.45. The highest BCUT2D eigenvalue weighted by molar-refractivity contribution is 5.90. The van der Waals surface area contributed by atoms with Gasteiger partial charge in [0.05, 0.1) is 13.2 Å². The van der Waals surface area contributed by atoms with Crippen LogP contribution in [-0.4, -0.2) is 54.7 Å². The normalized spacial score (nSPS) is 15.8. The van der Waals surface area contributed by atoms with Gasteiger partial charge in [-0.15, -0.1) is 0 Å². The van der Waals surface area contributed by atoms with Crippen molar-refractivity contribution in [1.29, 1.82) is 0 Å². The Bertz CT molecular complexity index is 745. The minimum atomic E-state index is -0.0505. The molecule has 150 valence electrons. The van der Waals surface area contributed by atoms with Gasteiger partial charge in [-0.2, -0.15) is 0 Å². The topological polar surface area (TPSA) is 44.8 Å². The van der Waals surface area contributed by atoms with Gasteiger partial charge < -0.3 is 15.0 Å². The van der Waals surface area contributed by atoms with Gasteiger partial charge in [-0.1, -0.05) is 55.5 Å². The molecule has 1 aliphatic heterocycles. The first-order chi connectivity index (χ1) is 13.7. The Morgan fingerprint density at radius 2 is 1.79 bits per heavy atom. The number of hydrogen-bond acceptors (Lipinski definition) is 3. The number of morpholine rings is 1. The Hall–Kier alpha value is -2.37. The minimum Gasteiger partial charge on any atom is -0.379 e. The van der Waals surface area contributed by atoms with Gasteiger partial charge in [-0.3, -0.25) is 4.90 Å². The number of nitrogens with zero attached hydrogens (tertiary/aromatic N) is 2. The van der Waals surface area contributed by atoms with E-state index in [1.807, 2.05) is 41.3 Å². The van der Waals surface area contributed by atoms with Crippen molar-refractivity contribution in [3.05, 3.63) is 65.7 Å². The smallest absolute Gasteiger partial charge is 0.322 e. The molecule has 0 radical (unpaired) electrons. The molecule has 1 fully saturated rings. The fourth-order valence-corrected chi connectivity index (χ4v) is 3.60. The Balaban J connectivity index is 1.75. The average Bonchev–Trinajstić information content (AvgIpc) is 2.73. The zero-order valence-electron chi connectivity index (χ0n) is 16.9. The molecule has 2 aromatic rings. The first kappa shape index (κ1) is 20.4. The van der Waals surface area contributed by atoms with Gasteiger partial charge in [0.2, 0.25) is 0 Å². The molecule has 1 saturated heterocycles. The van der Waals surface area contributed by atoms with Crippen LogP contribution in [-0.2, 0) is 17.7 Å². The van der Waals surface area contributed by atoms with Gasteiger partial charge in [0.15, 0.2) is 0 Å². The van der Waals surface area contributed by atoms with Gasteiger partial charge in [-0.05, 0) is 30.5 Å². The van der Waals surface area contributed by atoms with Crippen LogP contribution in [0.2, 0.25) is 0 Å². The third kappa shape index (κ3) is 5.57. The lowest BCUT2D eigenvalue weighted by atomic mass is 10.1. The maximum Gasteiger partial charge on any atom is 0.322 e. The molecule has 3 rings (SSSR count). The van der Waals surface area contributed by atoms with Gasteiger partial charge in [-0.25, -0.2) is 4.79 Å². The standard InChI is InChI=1S/C23H31N3O2/c1-3-21-11-7-8-12-22(21)24-23(27)26(18-20-9-5-4-6-10-20)19(2)17-25-13-15-28-16-14-25/h4-12,19H,3,13-18H2,1-2H3,(H,24,27)/t19-/m1/s1. The number of anilines is 1. The summed E-state index contributed by atoms with van der Waals surface area (Å²) in [7, 11) is 0. The Morgan fingerprint density at radius 1 is 1.11 bits per heavy atom. The molecular formula is C23H31N3O2. The van der Waals surface area contributed by atoms with E-state index in [-0.39, 0.29) is 12.1 Å². The number of nitrogens with one attached hydrogen (secondary N) is 1. The monoisotopic (exact) mass is 381 g/mol. The van der Waals surface area contributed by atoms with E-state index in [4.69, 9.17) is 4.74 Å². The summed E-state index contributed by atoms with van der Waals surface area (Å²) in [5.74, 6) is 0. The number of benzene rings is 2. The van der Waals surface area contributed by atoms with Gasteiger partial charge in [0.1, 0.15) is 0 Å². The first-order valence-electron chi connectivity index (χ1n) is 10.2. The van der Waals surface area contributed by atoms with Crippen LogP contribution in [0.3, 0.4) is 0 Å². The molecule has 0 spiro atoms. The average molecular weight is 382 g/mol. The molecule has 0 saturated carbocycles. The van der Waals surface area contributed by atoms with E-state index < -0.39 is 0 Å². The SMILES string of the molecule is CCc1ccccc1NC(=O)N(Cc1ccccc1)[C@H](C)CN1CCOCC1. The molecule has 5 nitrogen and oxygen atoms in total. The van der Waals surface area contributed by atoms with Crippen molar-refractivity contribution in [3.8, 4) is 0 Å². The van der Waals surface area contributed by atoms with Crippen LogP contribution >= 0.6 is 0 Å². The lowest BCUT2D eigenvalue weighted by Crippen LogP contribution is -2.49. The molecule has 1 N–H and O–H groups in total. The number of hydrogen-bond donors (Lipinski definition) is 1. The molecule has 0 aliphatic carbocycles. The maximum atomic E-state index is 13.2. The second kappa shape index (κ2) is 10.2. The van der Waals surface area contributed by atoms with Crippen LogP contribution in [0.4, 0.5) is 10.5 Å². The summed E-state index contributed by atoms with van der Waals surface area (Å²) in [6.07, 6.45) is 0.887. The fourth-order valence-electron chi connectivity index (χ4n) is 3.60. The van der Waals surface area contributed by atoms with E-state index in [1.54, 1.807) is 0 Å². The molecule has 1 heterocycles. The number of carbonyl (C=O) groups excluding carboxylic acids is 1. The van der Waals surface area contributed by atoms with Gasteiger partial charge in [0, 0.05) is 37.9 Å². The van der Waals surface area contributed by atoms with Gasteiger partial charge >= 0.3 is 6.03 Å². The van der Waals surface area contributed by atoms with E-state index in [1.165, 1.54) is 0 Å². The summed E-state index contributed by atoms with van der Waals surface area (Å²) in [4.78, 5) is 17.6. The number of ether oxygens (including phenoxy) is 1. The van der Waals surface area contributed by atoms with Crippen molar-refractivity contribution in [3.63, 3.8) is 0 Å². The number of amides is 2. The summed E-state index contributed by atoms with van der Waals surface area (Å²) in [6.45, 7) is 9.04. The van der Waals surface area contributed by atoms with Crippen molar-refractivity contribution < 1.29 is 9.53 Å². The van der Waals surface area contributed by atoms with Crippen molar-refractivity contribution in [2.75, 3.05) is 38.2 Å². The van der Waals surface area contributed by atoms with Crippen LogP contribution in [0.1, 0.15) is 25.0 Å². The predicted molar refractivity (Wildman–Crippen MR) is 114 cm³/mol. The van der Waals surface area contributed by atoms with E-state index >= 15 is 0 Å². The van der Waals surface area contributed by atoms with Crippen LogP contribution in [0, 0.1) is 0 Å². The summed E-state index contributed by atoms with van der Waals surface area (Å²) in [5, 5.41) is 3.14. The highest BCUT2D eigenvalue weighted by Gasteiger charge is 2.24. The summed E-state index contributed by atoms with van der Waals surface area (Å²) in [6, 6.07) is 18.2. The van der Waals surface area contributed by atoms with E-state index in [2.05, 4.69) is 42.3 Å². The second-order valence-corrected chi connectivity index (χ2v) is 7.32. The van der Waals surface area contributed by atoms with Crippen molar-refractivity contribution in [1.82, 2.24) is 9.80 Å². The molecule has 1 aliphatic rings. The third-order valence-corrected chi connectivity index (χ3v) is 5.25. The molecule has 0 aromatic heterocycles. The number of aryl methyl sites for hydroxylation is 1. The fraction of sp³-hybridized carbons (Fsp3) is 0.435. The molecule has 0 unspecified atom stereocenters. The quantitative estimate of drug-likeness (QED) is 0.788. The molecule has 28 heavy (non-hydrogen) atoms. The lowest BCUT2D eigenvalue weighted by Gasteiger charge is -2.35. The lowest BCUT2D eigenvalue weighted by molar-refractivity contribution is 0.0277. The Morgan fingerprint density at radius 3 is 2.50 bits per heavy atom. The summed E-state index contributed by atoms with van der Waals surface area (Å²) in [5.41, 5.74) is 3.18. The third-order valence-electron chi connectivity index (χ3n) is 5.25. The summed E-state index contributed by atoms with van der Waals surface area (Å²) >= 11 is 0. The van der Waals surface area contributed by atoms with Gasteiger partial charge in [0.25, 0.3) is 0 Å². The maximum absolute atomic E-state index is 13.2. The van der Waals surface area contributed by atoms with E-state index in [0.29, 0.717) is 6.54 Å². The van der Waals surface area contributed by atoms with Crippen LogP contribution in [0.5, 0.6) is 0 Å². The number of urea groups is 1. The molecule has 5 heteroatoms. The molecular weight excluding hydrogens is 350 g/mol. The first-order valence-corrected chi connectivity index (χ1v) is 10.2. The zero-order valence-corrected chi connectivity index (χ0v) is 16.9. The highest BCUT2D eigenvalue weighted by atomic mass is 16.5. The van der Waals surface area contributed by atoms with Crippen LogP contribution in [0.25, 0.3) is 0 Å². The van der Waals surface area contributed by atoms with Crippen LogP contribution in [0.15, 0.2) is 54.6 Å². The number of carbonyl (C=O) groups is 1. The second-order valence-electron chi connectivity index (χ2n) is 7.32. The Labute approximate surface area is 168 Å². The number of rotatable bonds is 7. The largest absolute Gasteiger partial charge is 0.379 e. The van der Waals surface area contributed by atoms with Crippen molar-refractivity contribution in [2.45, 2.75) is 32.9 Å². The minimum absolute atomic E-state index is 0.0505. The predicted octanol–water partition coefficient (Wildman–Crippen LogP) is 4.00. The van der Waals surface area contributed by atoms with Crippen molar-refractivity contribution >= 4 is 11.7 Å². The highest BCUT2D eigenvalue weighted by Crippen LogP contribution is 2.18. The molecule has 2 amide bonds. The number of para-hydroxylation sites is 1. The van der Waals surface area contributed by atoms with Crippen LogP contribution < -0.4 is 5.32 Å². The zero-order chi connectivity index (χ0) is 19.8. The van der Waals surface area contributed by atoms with Crippen molar-refractivity contribution in [2.24, 2.45) is 0 Å². The van der Waals surface area contributed by atoms with E-state index in [9.17, 15) is 4.79 Å². The molecule has 0 bridgehead atoms. The Kier molecular flexibility index (Phi) is 7.46. The molecule has 2 aromatic carbocycles.